The predicted molar refractivity (Wildman–Crippen MR) is 97.2 cm³/mol. The number of aromatic nitrogens is 1. The van der Waals surface area contributed by atoms with Crippen molar-refractivity contribution in [1.82, 2.24) is 9.88 Å². The van der Waals surface area contributed by atoms with Gasteiger partial charge in [-0.05, 0) is 25.5 Å². The van der Waals surface area contributed by atoms with E-state index in [2.05, 4.69) is 9.88 Å². The van der Waals surface area contributed by atoms with Crippen LogP contribution in [0.4, 0.5) is 9.52 Å². The minimum Gasteiger partial charge on any atom is -0.484 e. The lowest BCUT2D eigenvalue weighted by Gasteiger charge is -2.21. The van der Waals surface area contributed by atoms with Gasteiger partial charge in [-0.2, -0.15) is 0 Å². The highest BCUT2D eigenvalue weighted by molar-refractivity contribution is 7.13. The van der Waals surface area contributed by atoms with Crippen LogP contribution in [-0.4, -0.2) is 48.6 Å². The Morgan fingerprint density at radius 3 is 2.92 bits per heavy atom. The van der Waals surface area contributed by atoms with Crippen LogP contribution in [0.25, 0.3) is 0 Å². The fourth-order valence-electron chi connectivity index (χ4n) is 2.65. The van der Waals surface area contributed by atoms with Crippen LogP contribution in [0, 0.1) is 12.7 Å². The minimum atomic E-state index is -0.509. The fourth-order valence-corrected chi connectivity index (χ4v) is 3.68. The zero-order valence-electron chi connectivity index (χ0n) is 13.9. The summed E-state index contributed by atoms with van der Waals surface area (Å²) in [5.74, 6) is -0.211. The van der Waals surface area contributed by atoms with Gasteiger partial charge < -0.3 is 14.5 Å². The molecule has 1 aliphatic rings. The SMILES string of the molecule is Cc1csc(N2CCCN(C(=O)COc3ccc(F)c(Cl)c3)CC2)n1. The Labute approximate surface area is 155 Å². The number of carbonyl (C=O) groups excluding carboxylic acids is 1. The molecule has 2 aromatic rings. The summed E-state index contributed by atoms with van der Waals surface area (Å²) in [4.78, 5) is 20.9. The first-order valence-corrected chi connectivity index (χ1v) is 9.31. The van der Waals surface area contributed by atoms with E-state index in [0.717, 1.165) is 30.3 Å². The van der Waals surface area contributed by atoms with Crippen molar-refractivity contribution >= 4 is 34.0 Å². The number of hydrogen-bond donors (Lipinski definition) is 0. The number of amides is 1. The van der Waals surface area contributed by atoms with Crippen molar-refractivity contribution in [3.63, 3.8) is 0 Å². The van der Waals surface area contributed by atoms with Crippen LogP contribution in [0.3, 0.4) is 0 Å². The number of ether oxygens (including phenoxy) is 1. The summed E-state index contributed by atoms with van der Waals surface area (Å²) in [5.41, 5.74) is 1.02. The molecule has 5 nitrogen and oxygen atoms in total. The van der Waals surface area contributed by atoms with Crippen LogP contribution in [0.5, 0.6) is 5.75 Å². The molecule has 0 radical (unpaired) electrons. The Kier molecular flexibility index (Phi) is 5.75. The van der Waals surface area contributed by atoms with Crippen LogP contribution < -0.4 is 9.64 Å². The van der Waals surface area contributed by atoms with E-state index in [1.807, 2.05) is 12.3 Å². The van der Waals surface area contributed by atoms with E-state index in [1.54, 1.807) is 16.2 Å². The zero-order chi connectivity index (χ0) is 17.8. The molecule has 1 fully saturated rings. The number of halogens is 2. The van der Waals surface area contributed by atoms with Crippen LogP contribution in [-0.2, 0) is 4.79 Å². The number of hydrogen-bond acceptors (Lipinski definition) is 5. The summed E-state index contributed by atoms with van der Waals surface area (Å²) in [6, 6.07) is 4.06. The van der Waals surface area contributed by atoms with Crippen molar-refractivity contribution in [1.29, 1.82) is 0 Å². The Balaban J connectivity index is 1.53. The lowest BCUT2D eigenvalue weighted by atomic mass is 10.3. The monoisotopic (exact) mass is 383 g/mol. The van der Waals surface area contributed by atoms with E-state index in [1.165, 1.54) is 18.2 Å². The topological polar surface area (TPSA) is 45.7 Å². The molecule has 1 saturated heterocycles. The summed E-state index contributed by atoms with van der Waals surface area (Å²) >= 11 is 7.34. The maximum atomic E-state index is 13.1. The highest BCUT2D eigenvalue weighted by Gasteiger charge is 2.21. The molecule has 0 spiro atoms. The molecule has 2 heterocycles. The first-order valence-electron chi connectivity index (χ1n) is 8.05. The van der Waals surface area contributed by atoms with Crippen molar-refractivity contribution in [3.8, 4) is 5.75 Å². The normalized spacial score (nSPS) is 15.2. The zero-order valence-corrected chi connectivity index (χ0v) is 15.4. The van der Waals surface area contributed by atoms with Crippen LogP contribution >= 0.6 is 22.9 Å². The van der Waals surface area contributed by atoms with Gasteiger partial charge in [-0.25, -0.2) is 9.37 Å². The van der Waals surface area contributed by atoms with Gasteiger partial charge in [0.2, 0.25) is 0 Å². The molecule has 1 aromatic carbocycles. The van der Waals surface area contributed by atoms with E-state index in [9.17, 15) is 9.18 Å². The molecular formula is C17H19ClFN3O2S. The number of nitrogens with zero attached hydrogens (tertiary/aromatic N) is 3. The lowest BCUT2D eigenvalue weighted by Crippen LogP contribution is -2.38. The highest BCUT2D eigenvalue weighted by Crippen LogP contribution is 2.22. The van der Waals surface area contributed by atoms with Gasteiger partial charge in [-0.3, -0.25) is 4.79 Å². The van der Waals surface area contributed by atoms with Crippen molar-refractivity contribution < 1.29 is 13.9 Å². The van der Waals surface area contributed by atoms with Crippen LogP contribution in [0.2, 0.25) is 5.02 Å². The third-order valence-corrected chi connectivity index (χ3v) is 5.29. The van der Waals surface area contributed by atoms with Crippen molar-refractivity contribution in [2.45, 2.75) is 13.3 Å². The predicted octanol–water partition coefficient (Wildman–Crippen LogP) is 3.36. The smallest absolute Gasteiger partial charge is 0.260 e. The number of anilines is 1. The van der Waals surface area contributed by atoms with E-state index in [4.69, 9.17) is 16.3 Å². The van der Waals surface area contributed by atoms with Gasteiger partial charge in [-0.1, -0.05) is 11.6 Å². The van der Waals surface area contributed by atoms with Crippen molar-refractivity contribution in [2.24, 2.45) is 0 Å². The molecule has 134 valence electrons. The van der Waals surface area contributed by atoms with Crippen molar-refractivity contribution in [2.75, 3.05) is 37.7 Å². The maximum absolute atomic E-state index is 13.1. The first kappa shape index (κ1) is 17.9. The average molecular weight is 384 g/mol. The van der Waals surface area contributed by atoms with Crippen LogP contribution in [0.1, 0.15) is 12.1 Å². The van der Waals surface area contributed by atoms with Gasteiger partial charge >= 0.3 is 0 Å². The molecule has 8 heteroatoms. The highest BCUT2D eigenvalue weighted by atomic mass is 35.5. The van der Waals surface area contributed by atoms with Gasteiger partial charge in [0.1, 0.15) is 11.6 Å². The standard InChI is InChI=1S/C17H19ClFN3O2S/c1-12-11-25-17(20-12)22-6-2-5-21(7-8-22)16(23)10-24-13-3-4-15(19)14(18)9-13/h3-4,9,11H,2,5-8,10H2,1H3. The molecule has 3 rings (SSSR count). The number of thiazole rings is 1. The van der Waals surface area contributed by atoms with Gasteiger partial charge in [0.15, 0.2) is 11.7 Å². The second kappa shape index (κ2) is 8.01. The third kappa shape index (κ3) is 4.61. The molecule has 1 amide bonds. The first-order chi connectivity index (χ1) is 12.0. The molecule has 25 heavy (non-hydrogen) atoms. The fraction of sp³-hybridized carbons (Fsp3) is 0.412. The molecule has 0 N–H and O–H groups in total. The van der Waals surface area contributed by atoms with E-state index in [0.29, 0.717) is 18.8 Å². The van der Waals surface area contributed by atoms with Gasteiger partial charge in [-0.15, -0.1) is 11.3 Å². The van der Waals surface area contributed by atoms with E-state index < -0.39 is 5.82 Å². The Morgan fingerprint density at radius 1 is 1.36 bits per heavy atom. The molecule has 0 saturated carbocycles. The molecule has 0 aliphatic carbocycles. The number of benzene rings is 1. The second-order valence-electron chi connectivity index (χ2n) is 5.86. The third-order valence-electron chi connectivity index (χ3n) is 3.98. The number of aryl methyl sites for hydroxylation is 1. The van der Waals surface area contributed by atoms with E-state index in [-0.39, 0.29) is 17.5 Å². The summed E-state index contributed by atoms with van der Waals surface area (Å²) in [6.45, 7) is 4.84. The molecular weight excluding hydrogens is 365 g/mol. The van der Waals surface area contributed by atoms with Crippen LogP contribution in [0.15, 0.2) is 23.6 Å². The van der Waals surface area contributed by atoms with Gasteiger partial charge in [0.05, 0.1) is 10.7 Å². The largest absolute Gasteiger partial charge is 0.484 e. The molecule has 0 bridgehead atoms. The lowest BCUT2D eigenvalue weighted by molar-refractivity contribution is -0.133. The van der Waals surface area contributed by atoms with Gasteiger partial charge in [0.25, 0.3) is 5.91 Å². The quantitative estimate of drug-likeness (QED) is 0.812. The van der Waals surface area contributed by atoms with Crippen molar-refractivity contribution in [3.05, 3.63) is 40.1 Å². The molecule has 1 aliphatic heterocycles. The molecule has 0 unspecified atom stereocenters. The number of carbonyl (C=O) groups is 1. The van der Waals surface area contributed by atoms with E-state index >= 15 is 0 Å². The van der Waals surface area contributed by atoms with Gasteiger partial charge in [0, 0.05) is 37.6 Å². The number of rotatable bonds is 4. The molecule has 1 aromatic heterocycles. The summed E-state index contributed by atoms with van der Waals surface area (Å²) in [6.07, 6.45) is 0.882. The maximum Gasteiger partial charge on any atom is 0.260 e. The average Bonchev–Trinajstić information content (AvgIpc) is 2.88. The Morgan fingerprint density at radius 2 is 2.20 bits per heavy atom. The minimum absolute atomic E-state index is 0.0193. The Bertz CT molecular complexity index is 755. The Hall–Kier alpha value is -1.86. The summed E-state index contributed by atoms with van der Waals surface area (Å²) in [7, 11) is 0. The second-order valence-corrected chi connectivity index (χ2v) is 7.10. The summed E-state index contributed by atoms with van der Waals surface area (Å²) in [5, 5.41) is 3.02. The summed E-state index contributed by atoms with van der Waals surface area (Å²) < 4.78 is 18.6. The molecule has 0 atom stereocenters.